The number of imide groups is 1. The van der Waals surface area contributed by atoms with Gasteiger partial charge in [-0.05, 0) is 45.4 Å². The number of halogens is 1. The minimum atomic E-state index is -0.242. The standard InChI is InChI=1S/C22H32FN3O3/c1-17(2)29-20-7-6-18(23)16-19(20)25-14-12-24(13-15-25)10-4-3-5-11-26-21(27)8-9-22(26)28/h6-7,16-17H,3-5,8-15H2,1-2H3. The molecule has 0 aliphatic carbocycles. The van der Waals surface area contributed by atoms with E-state index in [1.165, 1.54) is 11.0 Å². The molecule has 1 aromatic rings. The monoisotopic (exact) mass is 405 g/mol. The van der Waals surface area contributed by atoms with Gasteiger partial charge in [-0.3, -0.25) is 19.4 Å². The van der Waals surface area contributed by atoms with Gasteiger partial charge in [0.1, 0.15) is 11.6 Å². The molecule has 0 atom stereocenters. The number of unbranched alkanes of at least 4 members (excludes halogenated alkanes) is 2. The summed E-state index contributed by atoms with van der Waals surface area (Å²) in [6, 6.07) is 4.72. The molecule has 0 saturated carbocycles. The van der Waals surface area contributed by atoms with Crippen molar-refractivity contribution in [2.24, 2.45) is 0 Å². The van der Waals surface area contributed by atoms with Crippen molar-refractivity contribution in [3.63, 3.8) is 0 Å². The van der Waals surface area contributed by atoms with Gasteiger partial charge in [-0.25, -0.2) is 4.39 Å². The molecule has 2 amide bonds. The predicted octanol–water partition coefficient (Wildman–Crippen LogP) is 3.05. The fraction of sp³-hybridized carbons (Fsp3) is 0.636. The first kappa shape index (κ1) is 21.6. The highest BCUT2D eigenvalue weighted by molar-refractivity contribution is 6.01. The number of carbonyl (C=O) groups is 2. The van der Waals surface area contributed by atoms with Crippen molar-refractivity contribution in [2.75, 3.05) is 44.2 Å². The molecule has 2 aliphatic heterocycles. The lowest BCUT2D eigenvalue weighted by Gasteiger charge is -2.37. The highest BCUT2D eigenvalue weighted by Gasteiger charge is 2.28. The van der Waals surface area contributed by atoms with Crippen molar-refractivity contribution in [2.45, 2.75) is 52.1 Å². The van der Waals surface area contributed by atoms with Crippen molar-refractivity contribution in [1.29, 1.82) is 0 Å². The zero-order chi connectivity index (χ0) is 20.8. The second-order valence-corrected chi connectivity index (χ2v) is 8.11. The number of likely N-dealkylation sites (tertiary alicyclic amines) is 1. The lowest BCUT2D eigenvalue weighted by atomic mass is 10.2. The van der Waals surface area contributed by atoms with Gasteiger partial charge in [0.2, 0.25) is 11.8 Å². The van der Waals surface area contributed by atoms with Crippen molar-refractivity contribution in [3.05, 3.63) is 24.0 Å². The Morgan fingerprint density at radius 3 is 2.28 bits per heavy atom. The van der Waals surface area contributed by atoms with Crippen LogP contribution in [0.15, 0.2) is 18.2 Å². The largest absolute Gasteiger partial charge is 0.489 e. The van der Waals surface area contributed by atoms with E-state index in [0.717, 1.165) is 63.4 Å². The number of hydrogen-bond acceptors (Lipinski definition) is 5. The first-order valence-corrected chi connectivity index (χ1v) is 10.7. The number of piperazine rings is 1. The molecule has 29 heavy (non-hydrogen) atoms. The molecule has 160 valence electrons. The molecular weight excluding hydrogens is 373 g/mol. The quantitative estimate of drug-likeness (QED) is 0.467. The maximum absolute atomic E-state index is 13.8. The number of rotatable bonds is 9. The second-order valence-electron chi connectivity index (χ2n) is 8.11. The molecule has 2 saturated heterocycles. The van der Waals surface area contributed by atoms with Crippen molar-refractivity contribution in [1.82, 2.24) is 9.80 Å². The van der Waals surface area contributed by atoms with Crippen LogP contribution >= 0.6 is 0 Å². The van der Waals surface area contributed by atoms with Crippen LogP contribution in [-0.4, -0.2) is 67.0 Å². The molecule has 0 N–H and O–H groups in total. The average molecular weight is 406 g/mol. The summed E-state index contributed by atoms with van der Waals surface area (Å²) in [6.07, 6.45) is 3.73. The van der Waals surface area contributed by atoms with Crippen LogP contribution in [0.3, 0.4) is 0 Å². The summed E-state index contributed by atoms with van der Waals surface area (Å²) in [5.41, 5.74) is 0.832. The highest BCUT2D eigenvalue weighted by Crippen LogP contribution is 2.31. The number of anilines is 1. The van der Waals surface area contributed by atoms with Gasteiger partial charge < -0.3 is 9.64 Å². The van der Waals surface area contributed by atoms with Gasteiger partial charge in [0, 0.05) is 51.6 Å². The van der Waals surface area contributed by atoms with Crippen LogP contribution in [-0.2, 0) is 9.59 Å². The molecule has 2 heterocycles. The van der Waals surface area contributed by atoms with Crippen LogP contribution in [0.4, 0.5) is 10.1 Å². The van der Waals surface area contributed by atoms with Gasteiger partial charge in [-0.1, -0.05) is 6.42 Å². The molecule has 7 heteroatoms. The third kappa shape index (κ3) is 5.92. The van der Waals surface area contributed by atoms with Crippen molar-refractivity contribution >= 4 is 17.5 Å². The van der Waals surface area contributed by atoms with E-state index in [-0.39, 0.29) is 23.7 Å². The van der Waals surface area contributed by atoms with Crippen LogP contribution in [0.1, 0.15) is 46.0 Å². The van der Waals surface area contributed by atoms with Gasteiger partial charge in [-0.2, -0.15) is 0 Å². The maximum atomic E-state index is 13.8. The number of hydrogen-bond donors (Lipinski definition) is 0. The maximum Gasteiger partial charge on any atom is 0.229 e. The van der Waals surface area contributed by atoms with Crippen LogP contribution in [0.25, 0.3) is 0 Å². The molecule has 0 radical (unpaired) electrons. The Labute approximate surface area is 172 Å². The second kappa shape index (κ2) is 10.1. The molecule has 2 fully saturated rings. The lowest BCUT2D eigenvalue weighted by molar-refractivity contribution is -0.138. The summed E-state index contributed by atoms with van der Waals surface area (Å²) in [5, 5.41) is 0. The molecule has 0 aromatic heterocycles. The van der Waals surface area contributed by atoms with Crippen LogP contribution < -0.4 is 9.64 Å². The molecule has 0 unspecified atom stereocenters. The highest BCUT2D eigenvalue weighted by atomic mass is 19.1. The summed E-state index contributed by atoms with van der Waals surface area (Å²) in [6.45, 7) is 9.06. The lowest BCUT2D eigenvalue weighted by Crippen LogP contribution is -2.46. The summed E-state index contributed by atoms with van der Waals surface area (Å²) in [4.78, 5) is 29.2. The third-order valence-corrected chi connectivity index (χ3v) is 5.51. The normalized spacial score (nSPS) is 18.2. The van der Waals surface area contributed by atoms with E-state index in [4.69, 9.17) is 4.74 Å². The number of amides is 2. The fourth-order valence-electron chi connectivity index (χ4n) is 3.96. The summed E-state index contributed by atoms with van der Waals surface area (Å²) in [5.74, 6) is 0.447. The summed E-state index contributed by atoms with van der Waals surface area (Å²) >= 11 is 0. The number of benzene rings is 1. The van der Waals surface area contributed by atoms with Crippen molar-refractivity contribution < 1.29 is 18.7 Å². The zero-order valence-corrected chi connectivity index (χ0v) is 17.5. The van der Waals surface area contributed by atoms with Crippen LogP contribution in [0.5, 0.6) is 5.75 Å². The summed E-state index contributed by atoms with van der Waals surface area (Å²) in [7, 11) is 0. The number of nitrogens with zero attached hydrogens (tertiary/aromatic N) is 3. The van der Waals surface area contributed by atoms with E-state index < -0.39 is 0 Å². The summed E-state index contributed by atoms with van der Waals surface area (Å²) < 4.78 is 19.6. The zero-order valence-electron chi connectivity index (χ0n) is 17.5. The third-order valence-electron chi connectivity index (χ3n) is 5.51. The SMILES string of the molecule is CC(C)Oc1ccc(F)cc1N1CCN(CCCCCN2C(=O)CCC2=O)CC1. The van der Waals surface area contributed by atoms with E-state index in [9.17, 15) is 14.0 Å². The molecule has 2 aliphatic rings. The fourth-order valence-corrected chi connectivity index (χ4v) is 3.96. The molecule has 1 aromatic carbocycles. The molecule has 0 bridgehead atoms. The Kier molecular flexibility index (Phi) is 7.47. The van der Waals surface area contributed by atoms with Gasteiger partial charge in [-0.15, -0.1) is 0 Å². The topological polar surface area (TPSA) is 53.1 Å². The minimum Gasteiger partial charge on any atom is -0.489 e. The Morgan fingerprint density at radius 2 is 1.62 bits per heavy atom. The van der Waals surface area contributed by atoms with Crippen molar-refractivity contribution in [3.8, 4) is 5.75 Å². The molecule has 3 rings (SSSR count). The van der Waals surface area contributed by atoms with E-state index in [0.29, 0.717) is 19.4 Å². The smallest absolute Gasteiger partial charge is 0.229 e. The van der Waals surface area contributed by atoms with Gasteiger partial charge in [0.15, 0.2) is 0 Å². The minimum absolute atomic E-state index is 0.0238. The van der Waals surface area contributed by atoms with Crippen LogP contribution in [0.2, 0.25) is 0 Å². The van der Waals surface area contributed by atoms with E-state index in [1.807, 2.05) is 13.8 Å². The Bertz CT molecular complexity index is 701. The van der Waals surface area contributed by atoms with Gasteiger partial charge in [0.05, 0.1) is 11.8 Å². The van der Waals surface area contributed by atoms with Crippen LogP contribution in [0, 0.1) is 5.82 Å². The molecule has 0 spiro atoms. The predicted molar refractivity (Wildman–Crippen MR) is 111 cm³/mol. The van der Waals surface area contributed by atoms with Gasteiger partial charge >= 0.3 is 0 Å². The Hall–Kier alpha value is -2.15. The Morgan fingerprint density at radius 1 is 0.966 bits per heavy atom. The number of ether oxygens (including phenoxy) is 1. The van der Waals surface area contributed by atoms with E-state index >= 15 is 0 Å². The molecule has 6 nitrogen and oxygen atoms in total. The first-order valence-electron chi connectivity index (χ1n) is 10.7. The number of carbonyl (C=O) groups excluding carboxylic acids is 2. The van der Waals surface area contributed by atoms with E-state index in [2.05, 4.69) is 9.80 Å². The Balaban J connectivity index is 1.39. The van der Waals surface area contributed by atoms with E-state index in [1.54, 1.807) is 12.1 Å². The molecular formula is C22H32FN3O3. The van der Waals surface area contributed by atoms with Gasteiger partial charge in [0.25, 0.3) is 0 Å². The average Bonchev–Trinajstić information content (AvgIpc) is 3.01. The first-order chi connectivity index (χ1) is 13.9.